The molecule has 0 aliphatic carbocycles. The Morgan fingerprint density at radius 3 is 0.869 bits per heavy atom. The lowest BCUT2D eigenvalue weighted by atomic mass is 9.71. The van der Waals surface area contributed by atoms with Gasteiger partial charge >= 0.3 is 0 Å². The maximum atomic E-state index is 2.42. The summed E-state index contributed by atoms with van der Waals surface area (Å²) in [5, 5.41) is 0. The van der Waals surface area contributed by atoms with Crippen molar-refractivity contribution in [3.05, 3.63) is 468 Å². The second kappa shape index (κ2) is 39.1. The van der Waals surface area contributed by atoms with Gasteiger partial charge in [0.25, 0.3) is 0 Å². The zero-order chi connectivity index (χ0) is 93.8. The summed E-state index contributed by atoms with van der Waals surface area (Å²) in [5.41, 5.74) is 44.1. The molecule has 2 atom stereocenters. The minimum absolute atomic E-state index is 0.320. The van der Waals surface area contributed by atoms with Crippen LogP contribution in [0.1, 0.15) is 199 Å². The van der Waals surface area contributed by atoms with Crippen LogP contribution in [0.4, 0.5) is 0 Å². The maximum Gasteiger partial charge on any atom is 0.212 e. The third-order valence-electron chi connectivity index (χ3n) is 28.1. The molecule has 0 aliphatic rings. The topological polar surface area (TPSA) is 34.9 Å². The van der Waals surface area contributed by atoms with Crippen molar-refractivity contribution in [3.63, 3.8) is 0 Å². The second-order valence-electron chi connectivity index (χ2n) is 38.1. The molecule has 0 spiro atoms. The Labute approximate surface area is 778 Å². The molecule has 9 heteroatoms. The fraction of sp³-hybridized carbons (Fsp3) is 0.281. The molecule has 0 N–H and O–H groups in total. The Morgan fingerprint density at radius 1 is 0.192 bits per heavy atom. The van der Waals surface area contributed by atoms with Crippen molar-refractivity contribution in [3.8, 4) is 44.6 Å². The number of nitrogens with zero attached hydrogens (tertiary/aromatic N) is 9. The van der Waals surface area contributed by atoms with E-state index in [1.54, 1.807) is 0 Å². The standard InChI is InChI=1S/C33H40N2.C31H36N2.C30H34N2.C27H30N3/c1-22(2)27-15-17-35(9)32(21-27)33(7,31-20-23(3)14-16-34(31)8)30-19-24(4)18-29(26(30)6)28-13-11-10-12-25(28)5;1-21-12-13-26(24(4)17-21)27-18-23(3)19-28(25(27)5)31(6,29-11-9-10-15-32(29)7)30-20-22(2)14-16-33(30)8;1-21-15-17-31(6)28(19-21)30(5,29-20-22(2)16-18-32(29)7)27-14-10-13-26(24(27)4)25-12-9-8-11-23(25)3;1-21-22(24-15-6-9-18-28(24)3)13-12-14-23(21)27(2,25-16-7-10-19-29(25)4)26-17-8-11-20-30(26)5/h10-22H,1-9H3;9-20H,1-8H3;8-20H,1-7H3;6-20H,1-5H3/q3*+2;+3. The van der Waals surface area contributed by atoms with Crippen LogP contribution in [0.5, 0.6) is 0 Å². The van der Waals surface area contributed by atoms with Crippen LogP contribution in [0.25, 0.3) is 44.6 Å². The lowest BCUT2D eigenvalue weighted by molar-refractivity contribution is -0.697. The highest BCUT2D eigenvalue weighted by atomic mass is 15.0. The average Bonchev–Trinajstić information content (AvgIpc) is 0.757. The molecule has 660 valence electrons. The van der Waals surface area contributed by atoms with E-state index >= 15 is 0 Å². The summed E-state index contributed by atoms with van der Waals surface area (Å²) in [6, 6.07) is 95.7. The second-order valence-corrected chi connectivity index (χ2v) is 38.1. The minimum Gasteiger partial charge on any atom is -0.204 e. The van der Waals surface area contributed by atoms with Crippen molar-refractivity contribution in [1.29, 1.82) is 0 Å². The van der Waals surface area contributed by atoms with Gasteiger partial charge in [0.05, 0.1) is 0 Å². The minimum atomic E-state index is -0.353. The van der Waals surface area contributed by atoms with Gasteiger partial charge in [0.2, 0.25) is 51.2 Å². The number of pyridine rings is 9. The Morgan fingerprint density at radius 2 is 0.485 bits per heavy atom. The molecule has 0 amide bonds. The number of hydrogen-bond donors (Lipinski definition) is 0. The summed E-state index contributed by atoms with van der Waals surface area (Å²) < 4.78 is 20.4. The van der Waals surface area contributed by atoms with E-state index in [2.05, 4.69) is 560 Å². The van der Waals surface area contributed by atoms with Crippen LogP contribution in [-0.2, 0) is 85.1 Å². The quantitative estimate of drug-likeness (QED) is 0.0815. The molecule has 0 saturated carbocycles. The highest BCUT2D eigenvalue weighted by molar-refractivity contribution is 5.77. The van der Waals surface area contributed by atoms with Crippen LogP contribution in [0.3, 0.4) is 0 Å². The van der Waals surface area contributed by atoms with Crippen LogP contribution in [0, 0.1) is 96.9 Å². The third kappa shape index (κ3) is 18.6. The molecular weight excluding hydrogens is 1580 g/mol. The van der Waals surface area contributed by atoms with E-state index in [0.29, 0.717) is 5.92 Å². The molecule has 16 rings (SSSR count). The summed E-state index contributed by atoms with van der Waals surface area (Å²) in [5.74, 6) is 0.464. The lowest BCUT2D eigenvalue weighted by Gasteiger charge is -2.29. The van der Waals surface area contributed by atoms with Gasteiger partial charge in [0.1, 0.15) is 63.4 Å². The van der Waals surface area contributed by atoms with Gasteiger partial charge in [0, 0.05) is 115 Å². The molecule has 0 radical (unpaired) electrons. The highest BCUT2D eigenvalue weighted by Gasteiger charge is 2.50. The summed E-state index contributed by atoms with van der Waals surface area (Å²) in [6.07, 6.45) is 19.5. The van der Waals surface area contributed by atoms with Crippen molar-refractivity contribution in [2.75, 3.05) is 0 Å². The third-order valence-corrected chi connectivity index (χ3v) is 28.1. The summed E-state index contributed by atoms with van der Waals surface area (Å²) in [7, 11) is 19.3. The van der Waals surface area contributed by atoms with Crippen LogP contribution in [-0.4, -0.2) is 0 Å². The van der Waals surface area contributed by atoms with Gasteiger partial charge < -0.3 is 0 Å². The number of hydrogen-bond acceptors (Lipinski definition) is 0. The highest BCUT2D eigenvalue weighted by Crippen LogP contribution is 2.47. The van der Waals surface area contributed by atoms with E-state index < -0.39 is 0 Å². The smallest absolute Gasteiger partial charge is 0.204 e. The van der Waals surface area contributed by atoms with E-state index in [-0.39, 0.29) is 21.7 Å². The normalized spacial score (nSPS) is 12.4. The van der Waals surface area contributed by atoms with E-state index in [1.807, 2.05) is 0 Å². The first kappa shape index (κ1) is 94.5. The van der Waals surface area contributed by atoms with Crippen molar-refractivity contribution in [1.82, 2.24) is 0 Å². The average molecular weight is 1720 g/mol. The zero-order valence-corrected chi connectivity index (χ0v) is 83.1. The van der Waals surface area contributed by atoms with E-state index in [9.17, 15) is 0 Å². The van der Waals surface area contributed by atoms with Gasteiger partial charge in [0.15, 0.2) is 77.4 Å². The van der Waals surface area contributed by atoms with Gasteiger partial charge in [-0.15, -0.1) is 0 Å². The van der Waals surface area contributed by atoms with Crippen molar-refractivity contribution in [2.24, 2.45) is 63.4 Å². The van der Waals surface area contributed by atoms with Crippen LogP contribution >= 0.6 is 0 Å². The molecule has 7 aromatic carbocycles. The van der Waals surface area contributed by atoms with E-state index in [1.165, 1.54) is 196 Å². The van der Waals surface area contributed by atoms with Crippen molar-refractivity contribution < 1.29 is 41.1 Å². The number of aromatic nitrogens is 9. The molecule has 0 fully saturated rings. The van der Waals surface area contributed by atoms with Crippen LogP contribution < -0.4 is 41.1 Å². The molecule has 0 saturated heterocycles. The first-order chi connectivity index (χ1) is 61.8. The van der Waals surface area contributed by atoms with Crippen molar-refractivity contribution >= 4 is 0 Å². The fourth-order valence-corrected chi connectivity index (χ4v) is 20.8. The summed E-state index contributed by atoms with van der Waals surface area (Å²) >= 11 is 0. The molecule has 2 unspecified atom stereocenters. The molecule has 130 heavy (non-hydrogen) atoms. The van der Waals surface area contributed by atoms with Gasteiger partial charge in [-0.05, 0) is 265 Å². The molecule has 9 nitrogen and oxygen atoms in total. The summed E-state index contributed by atoms with van der Waals surface area (Å²) in [4.78, 5) is 0. The molecule has 9 aromatic heterocycles. The predicted molar refractivity (Wildman–Crippen MR) is 532 cm³/mol. The molecule has 0 aliphatic heterocycles. The SMILES string of the molecule is Cc1c(-c2cccc[n+]2C)cccc1C(C)(c1cccc[n+]1C)c1cccc[n+]1C.Cc1cc(-c2ccccc2C)c(C)c(C(C)(c2cc(C)cc[n+]2C)c2cc(C(C)C)cc[n+]2C)c1.Cc1cc[n+](C)c(C(C)(c2cccc(-c3ccccc3C)c2C)c2cc(C)cc[n+]2C)c1.Cc1ccc(-c2cc(C)cc(C(C)(c3cccc[n+]3C)c3cc(C)cc[n+]3C)c2C)c(C)c1. The first-order valence-corrected chi connectivity index (χ1v) is 46.1. The van der Waals surface area contributed by atoms with Crippen LogP contribution in [0.2, 0.25) is 0 Å². The van der Waals surface area contributed by atoms with E-state index in [4.69, 9.17) is 0 Å². The van der Waals surface area contributed by atoms with Gasteiger partial charge in [-0.3, -0.25) is 0 Å². The Bertz CT molecular complexity index is 6800. The van der Waals surface area contributed by atoms with Crippen molar-refractivity contribution in [2.45, 2.75) is 166 Å². The van der Waals surface area contributed by atoms with Gasteiger partial charge in [-0.25, -0.2) is 41.1 Å². The molecular formula is C121H140N9+9. The molecule has 0 bridgehead atoms. The van der Waals surface area contributed by atoms with Gasteiger partial charge in [-0.1, -0.05) is 170 Å². The Hall–Kier alpha value is -13.1. The fourth-order valence-electron chi connectivity index (χ4n) is 20.8. The Balaban J connectivity index is 0.000000148. The van der Waals surface area contributed by atoms with Crippen LogP contribution in [0.15, 0.2) is 317 Å². The van der Waals surface area contributed by atoms with Gasteiger partial charge in [-0.2, -0.15) is 0 Å². The first-order valence-electron chi connectivity index (χ1n) is 46.1. The predicted octanol–water partition coefficient (Wildman–Crippen LogP) is 21.7. The maximum absolute atomic E-state index is 2.42. The number of rotatable bonds is 17. The number of aryl methyl sites for hydroxylation is 19. The lowest BCUT2D eigenvalue weighted by Crippen LogP contribution is -2.50. The largest absolute Gasteiger partial charge is 0.212 e. The molecule has 16 aromatic rings. The van der Waals surface area contributed by atoms with E-state index in [0.717, 1.165) is 0 Å². The summed E-state index contributed by atoms with van der Waals surface area (Å²) in [6.45, 7) is 45.1. The number of benzene rings is 7. The molecule has 9 heterocycles. The Kier molecular flexibility index (Phi) is 28.4. The monoisotopic (exact) mass is 1720 g/mol. The zero-order valence-electron chi connectivity index (χ0n) is 83.1.